The number of benzene rings is 1. The molecule has 0 bridgehead atoms. The molecule has 19 heavy (non-hydrogen) atoms. The van der Waals surface area contributed by atoms with E-state index in [1.165, 1.54) is 6.07 Å². The Hall–Kier alpha value is -0.610. The van der Waals surface area contributed by atoms with Crippen LogP contribution in [0.15, 0.2) is 20.9 Å². The van der Waals surface area contributed by atoms with Gasteiger partial charge in [0.25, 0.3) is 14.4 Å². The van der Waals surface area contributed by atoms with Crippen molar-refractivity contribution in [2.75, 3.05) is 10.5 Å². The van der Waals surface area contributed by atoms with Crippen molar-refractivity contribution in [1.29, 1.82) is 0 Å². The number of halogens is 3. The molecule has 0 spiro atoms. The van der Waals surface area contributed by atoms with Gasteiger partial charge in [-0.05, 0) is 28.1 Å². The predicted octanol–water partition coefficient (Wildman–Crippen LogP) is 2.99. The number of nitrogens with zero attached hydrogens (tertiary/aromatic N) is 2. The Kier molecular flexibility index (Phi) is 4.21. The van der Waals surface area contributed by atoms with Crippen LogP contribution in [-0.2, 0) is 10.0 Å². The fourth-order valence-corrected chi connectivity index (χ4v) is 3.86. The Bertz CT molecular complexity index is 734. The number of hydrogen-bond donors (Lipinski definition) is 2. The summed E-state index contributed by atoms with van der Waals surface area (Å²) >= 11 is 15.8. The van der Waals surface area contributed by atoms with Gasteiger partial charge < -0.3 is 5.73 Å². The Labute approximate surface area is 131 Å². The topological polar surface area (TPSA) is 98.0 Å². The Morgan fingerprint density at radius 1 is 1.26 bits per heavy atom. The minimum absolute atomic E-state index is 0.0558. The van der Waals surface area contributed by atoms with E-state index in [1.54, 1.807) is 6.07 Å². The summed E-state index contributed by atoms with van der Waals surface area (Å²) in [6.07, 6.45) is 0. The van der Waals surface area contributed by atoms with Gasteiger partial charge in [0.1, 0.15) is 0 Å². The van der Waals surface area contributed by atoms with Crippen molar-refractivity contribution in [3.05, 3.63) is 26.7 Å². The van der Waals surface area contributed by atoms with Crippen molar-refractivity contribution in [1.82, 2.24) is 10.2 Å². The highest BCUT2D eigenvalue weighted by Gasteiger charge is 2.21. The second kappa shape index (κ2) is 5.41. The van der Waals surface area contributed by atoms with Crippen molar-refractivity contribution in [3.63, 3.8) is 0 Å². The van der Waals surface area contributed by atoms with Gasteiger partial charge in [0.15, 0.2) is 0 Å². The van der Waals surface area contributed by atoms with Gasteiger partial charge in [-0.3, -0.25) is 4.72 Å². The van der Waals surface area contributed by atoms with E-state index < -0.39 is 10.0 Å². The van der Waals surface area contributed by atoms with E-state index in [4.69, 9.17) is 28.9 Å². The summed E-state index contributed by atoms with van der Waals surface area (Å²) in [6.45, 7) is 0. The predicted molar refractivity (Wildman–Crippen MR) is 79.3 cm³/mol. The fourth-order valence-electron chi connectivity index (χ4n) is 1.12. The highest BCUT2D eigenvalue weighted by molar-refractivity contribution is 9.10. The van der Waals surface area contributed by atoms with Gasteiger partial charge in [-0.2, -0.15) is 8.42 Å². The molecular weight excluding hydrogens is 399 g/mol. The molecule has 2 aromatic rings. The molecule has 0 amide bonds. The number of nitrogen functional groups attached to an aromatic ring is 1. The number of nitrogens with two attached hydrogens (primary N) is 1. The van der Waals surface area contributed by atoms with Gasteiger partial charge in [-0.15, -0.1) is 10.2 Å². The lowest BCUT2D eigenvalue weighted by atomic mass is 10.3. The SMILES string of the molecule is Nc1nnc(S(=O)(=O)Nc2ccc(Br)c(Cl)c2Cl)s1. The summed E-state index contributed by atoms with van der Waals surface area (Å²) in [7, 11) is -3.89. The number of hydrogen-bond acceptors (Lipinski definition) is 6. The lowest BCUT2D eigenvalue weighted by Gasteiger charge is -2.09. The molecule has 0 saturated heterocycles. The van der Waals surface area contributed by atoms with Crippen LogP contribution in [0.2, 0.25) is 10.0 Å². The Morgan fingerprint density at radius 3 is 2.53 bits per heavy atom. The first-order valence-electron chi connectivity index (χ1n) is 4.56. The Morgan fingerprint density at radius 2 is 1.95 bits per heavy atom. The summed E-state index contributed by atoms with van der Waals surface area (Å²) in [5.41, 5.74) is 5.48. The third kappa shape index (κ3) is 3.11. The van der Waals surface area contributed by atoms with Crippen LogP contribution in [0.3, 0.4) is 0 Å². The summed E-state index contributed by atoms with van der Waals surface area (Å²) in [6, 6.07) is 3.04. The van der Waals surface area contributed by atoms with E-state index in [2.05, 4.69) is 30.8 Å². The van der Waals surface area contributed by atoms with Crippen molar-refractivity contribution in [2.45, 2.75) is 4.34 Å². The smallest absolute Gasteiger partial charge is 0.291 e. The quantitative estimate of drug-likeness (QED) is 0.767. The molecule has 0 unspecified atom stereocenters. The molecule has 1 aromatic heterocycles. The number of aromatic nitrogens is 2. The molecule has 11 heteroatoms. The highest BCUT2D eigenvalue weighted by atomic mass is 79.9. The Balaban J connectivity index is 2.39. The second-order valence-electron chi connectivity index (χ2n) is 3.23. The molecular formula is C8H5BrCl2N4O2S2. The lowest BCUT2D eigenvalue weighted by molar-refractivity contribution is 0.599. The zero-order chi connectivity index (χ0) is 14.2. The second-order valence-corrected chi connectivity index (χ2v) is 7.71. The maximum Gasteiger partial charge on any atom is 0.291 e. The zero-order valence-electron chi connectivity index (χ0n) is 8.89. The molecule has 2 rings (SSSR count). The third-order valence-corrected chi connectivity index (χ3v) is 6.19. The first-order valence-corrected chi connectivity index (χ1v) is 8.41. The first-order chi connectivity index (χ1) is 8.81. The molecule has 0 aliphatic rings. The maximum absolute atomic E-state index is 12.0. The summed E-state index contributed by atoms with van der Waals surface area (Å²) in [5.74, 6) is 0. The zero-order valence-corrected chi connectivity index (χ0v) is 13.6. The van der Waals surface area contributed by atoms with Gasteiger partial charge in [-0.25, -0.2) is 0 Å². The minimum Gasteiger partial charge on any atom is -0.374 e. The van der Waals surface area contributed by atoms with Gasteiger partial charge in [0, 0.05) is 4.47 Å². The minimum atomic E-state index is -3.89. The van der Waals surface area contributed by atoms with Crippen LogP contribution < -0.4 is 10.5 Å². The molecule has 3 N–H and O–H groups in total. The van der Waals surface area contributed by atoms with Gasteiger partial charge in [-0.1, -0.05) is 34.5 Å². The number of sulfonamides is 1. The van der Waals surface area contributed by atoms with E-state index >= 15 is 0 Å². The largest absolute Gasteiger partial charge is 0.374 e. The van der Waals surface area contributed by atoms with Crippen LogP contribution in [0.5, 0.6) is 0 Å². The summed E-state index contributed by atoms with van der Waals surface area (Å²) in [4.78, 5) is 0. The molecule has 6 nitrogen and oxygen atoms in total. The molecule has 1 heterocycles. The van der Waals surface area contributed by atoms with E-state index in [0.717, 1.165) is 11.3 Å². The normalized spacial score (nSPS) is 11.5. The molecule has 0 saturated carbocycles. The molecule has 0 aliphatic heterocycles. The molecule has 0 atom stereocenters. The number of rotatable bonds is 3. The van der Waals surface area contributed by atoms with Crippen LogP contribution in [-0.4, -0.2) is 18.6 Å². The van der Waals surface area contributed by atoms with Crippen LogP contribution >= 0.6 is 50.5 Å². The molecule has 102 valence electrons. The molecule has 0 fully saturated rings. The highest BCUT2D eigenvalue weighted by Crippen LogP contribution is 2.36. The average molecular weight is 404 g/mol. The van der Waals surface area contributed by atoms with Crippen molar-refractivity contribution >= 4 is 71.3 Å². The van der Waals surface area contributed by atoms with Crippen LogP contribution in [0, 0.1) is 0 Å². The molecule has 0 aliphatic carbocycles. The monoisotopic (exact) mass is 402 g/mol. The van der Waals surface area contributed by atoms with Crippen LogP contribution in [0.4, 0.5) is 10.8 Å². The van der Waals surface area contributed by atoms with Crippen molar-refractivity contribution in [2.24, 2.45) is 0 Å². The standard InChI is InChI=1S/C8H5BrCl2N4O2S2/c9-3-1-2-4(6(11)5(3)10)15-19(16,17)8-14-13-7(12)18-8/h1-2,15H,(H2,12,13). The van der Waals surface area contributed by atoms with Gasteiger partial charge in [0.2, 0.25) is 5.13 Å². The summed E-state index contributed by atoms with van der Waals surface area (Å²) in [5, 5.41) is 7.24. The molecule has 1 aromatic carbocycles. The van der Waals surface area contributed by atoms with Crippen LogP contribution in [0.25, 0.3) is 0 Å². The van der Waals surface area contributed by atoms with E-state index in [0.29, 0.717) is 4.47 Å². The lowest BCUT2D eigenvalue weighted by Crippen LogP contribution is -2.13. The van der Waals surface area contributed by atoms with E-state index in [-0.39, 0.29) is 25.2 Å². The van der Waals surface area contributed by atoms with E-state index in [9.17, 15) is 8.42 Å². The average Bonchev–Trinajstić information content (AvgIpc) is 2.78. The van der Waals surface area contributed by atoms with Gasteiger partial charge >= 0.3 is 0 Å². The maximum atomic E-state index is 12.0. The van der Waals surface area contributed by atoms with E-state index in [1.807, 2.05) is 0 Å². The van der Waals surface area contributed by atoms with Crippen molar-refractivity contribution < 1.29 is 8.42 Å². The first kappa shape index (κ1) is 14.8. The molecule has 0 radical (unpaired) electrons. The van der Waals surface area contributed by atoms with Gasteiger partial charge in [0.05, 0.1) is 15.7 Å². The van der Waals surface area contributed by atoms with Crippen LogP contribution in [0.1, 0.15) is 0 Å². The fraction of sp³-hybridized carbons (Fsp3) is 0. The number of anilines is 2. The third-order valence-electron chi connectivity index (χ3n) is 1.93. The number of nitrogens with one attached hydrogen (secondary N) is 1. The summed E-state index contributed by atoms with van der Waals surface area (Å²) < 4.78 is 26.6. The van der Waals surface area contributed by atoms with Crippen molar-refractivity contribution in [3.8, 4) is 0 Å².